The highest BCUT2D eigenvalue weighted by molar-refractivity contribution is 5.92. The second-order valence-electron chi connectivity index (χ2n) is 8.01. The summed E-state index contributed by atoms with van der Waals surface area (Å²) < 4.78 is 0. The van der Waals surface area contributed by atoms with E-state index in [1.54, 1.807) is 4.90 Å². The topological polar surface area (TPSA) is 77.9 Å². The van der Waals surface area contributed by atoms with E-state index in [9.17, 15) is 19.5 Å². The van der Waals surface area contributed by atoms with Crippen LogP contribution < -0.4 is 0 Å². The maximum absolute atomic E-state index is 13.0. The van der Waals surface area contributed by atoms with Crippen LogP contribution in [0, 0.1) is 17.8 Å². The van der Waals surface area contributed by atoms with Gasteiger partial charge in [-0.3, -0.25) is 9.59 Å². The first-order chi connectivity index (χ1) is 11.6. The summed E-state index contributed by atoms with van der Waals surface area (Å²) in [5.41, 5.74) is 0. The number of carbonyl (C=O) groups is 3. The number of nitrogens with zero attached hydrogens (tertiary/aromatic N) is 2. The van der Waals surface area contributed by atoms with Crippen molar-refractivity contribution < 1.29 is 19.5 Å². The van der Waals surface area contributed by atoms with Gasteiger partial charge in [0.15, 0.2) is 0 Å². The predicted molar refractivity (Wildman–Crippen MR) is 86.0 cm³/mol. The van der Waals surface area contributed by atoms with Gasteiger partial charge < -0.3 is 14.9 Å². The van der Waals surface area contributed by atoms with Crippen LogP contribution in [0.1, 0.15) is 51.4 Å². The van der Waals surface area contributed by atoms with E-state index in [2.05, 4.69) is 0 Å². The first-order valence-corrected chi connectivity index (χ1v) is 9.39. The average molecular weight is 334 g/mol. The maximum Gasteiger partial charge on any atom is 0.326 e. The number of hydrogen-bond acceptors (Lipinski definition) is 3. The van der Waals surface area contributed by atoms with Crippen molar-refractivity contribution in [3.63, 3.8) is 0 Å². The van der Waals surface area contributed by atoms with Gasteiger partial charge in [0.25, 0.3) is 0 Å². The lowest BCUT2D eigenvalue weighted by Crippen LogP contribution is -2.46. The van der Waals surface area contributed by atoms with E-state index in [0.717, 1.165) is 44.9 Å². The van der Waals surface area contributed by atoms with Gasteiger partial charge in [0, 0.05) is 25.6 Å². The molecule has 0 aromatic heterocycles. The minimum atomic E-state index is -0.880. The van der Waals surface area contributed by atoms with Crippen LogP contribution in [0.4, 0.5) is 0 Å². The van der Waals surface area contributed by atoms with Gasteiger partial charge in [-0.25, -0.2) is 4.79 Å². The average Bonchev–Trinajstić information content (AvgIpc) is 3.28. The third kappa shape index (κ3) is 2.50. The summed E-state index contributed by atoms with van der Waals surface area (Å²) in [5, 5.41) is 9.63. The monoisotopic (exact) mass is 334 g/mol. The fourth-order valence-corrected chi connectivity index (χ4v) is 5.55. The Labute approximate surface area is 142 Å². The molecule has 2 saturated heterocycles. The molecule has 2 aliphatic carbocycles. The van der Waals surface area contributed by atoms with Crippen LogP contribution >= 0.6 is 0 Å². The number of carbonyl (C=O) groups excluding carboxylic acids is 2. The lowest BCUT2D eigenvalue weighted by Gasteiger charge is -2.28. The van der Waals surface area contributed by atoms with Crippen LogP contribution in [0.15, 0.2) is 0 Å². The lowest BCUT2D eigenvalue weighted by molar-refractivity contribution is -0.151. The van der Waals surface area contributed by atoms with Crippen molar-refractivity contribution in [2.24, 2.45) is 17.8 Å². The molecular formula is C18H26N2O4. The van der Waals surface area contributed by atoms with Gasteiger partial charge in [0.1, 0.15) is 6.04 Å². The van der Waals surface area contributed by atoms with Crippen molar-refractivity contribution in [2.75, 3.05) is 13.1 Å². The molecule has 6 nitrogen and oxygen atoms in total. The number of aliphatic carboxylic acids is 1. The van der Waals surface area contributed by atoms with E-state index in [-0.39, 0.29) is 30.1 Å². The van der Waals surface area contributed by atoms with E-state index in [4.69, 9.17) is 0 Å². The molecule has 4 unspecified atom stereocenters. The SMILES string of the molecule is O=C(O)C1C2CCCC2CN1C(=O)C1CC(=O)N(C2CCCC2)C1. The molecule has 1 N–H and O–H groups in total. The number of amides is 2. The highest BCUT2D eigenvalue weighted by Gasteiger charge is 2.51. The Morgan fingerprint density at radius 1 is 1.00 bits per heavy atom. The van der Waals surface area contributed by atoms with Crippen LogP contribution in [0.3, 0.4) is 0 Å². The fourth-order valence-electron chi connectivity index (χ4n) is 5.55. The molecule has 4 aliphatic rings. The molecule has 132 valence electrons. The van der Waals surface area contributed by atoms with E-state index in [1.165, 1.54) is 0 Å². The van der Waals surface area contributed by atoms with Gasteiger partial charge in [0.2, 0.25) is 11.8 Å². The maximum atomic E-state index is 13.0. The molecule has 4 atom stereocenters. The standard InChI is InChI=1S/C18H26N2O4/c21-15-8-12(10-19(15)13-5-1-2-6-13)17(22)20-9-11-4-3-7-14(11)16(20)18(23)24/h11-14,16H,1-10H2,(H,23,24). The Bertz CT molecular complexity index is 557. The van der Waals surface area contributed by atoms with Gasteiger partial charge in [-0.2, -0.15) is 0 Å². The molecule has 2 saturated carbocycles. The predicted octanol–water partition coefficient (Wildman–Crippen LogP) is 1.49. The summed E-state index contributed by atoms with van der Waals surface area (Å²) in [6.07, 6.45) is 7.65. The van der Waals surface area contributed by atoms with Crippen LogP contribution in [0.5, 0.6) is 0 Å². The molecule has 0 spiro atoms. The summed E-state index contributed by atoms with van der Waals surface area (Å²) in [6, 6.07) is -0.385. The van der Waals surface area contributed by atoms with Crippen LogP contribution in [0.2, 0.25) is 0 Å². The molecule has 4 fully saturated rings. The molecule has 2 amide bonds. The minimum absolute atomic E-state index is 0.0755. The number of carboxylic acid groups (broad SMARTS) is 1. The number of fused-ring (bicyclic) bond motifs is 1. The van der Waals surface area contributed by atoms with Crippen molar-refractivity contribution >= 4 is 17.8 Å². The molecule has 0 aromatic rings. The van der Waals surface area contributed by atoms with Crippen LogP contribution in [0.25, 0.3) is 0 Å². The minimum Gasteiger partial charge on any atom is -0.480 e. The van der Waals surface area contributed by atoms with Gasteiger partial charge >= 0.3 is 5.97 Å². The van der Waals surface area contributed by atoms with Crippen LogP contribution in [-0.2, 0) is 14.4 Å². The van der Waals surface area contributed by atoms with Gasteiger partial charge in [-0.05, 0) is 37.5 Å². The van der Waals surface area contributed by atoms with Gasteiger partial charge in [-0.15, -0.1) is 0 Å². The normalized spacial score (nSPS) is 36.6. The zero-order valence-corrected chi connectivity index (χ0v) is 14.0. The number of rotatable bonds is 3. The highest BCUT2D eigenvalue weighted by Crippen LogP contribution is 2.43. The summed E-state index contributed by atoms with van der Waals surface area (Å²) in [7, 11) is 0. The molecule has 24 heavy (non-hydrogen) atoms. The largest absolute Gasteiger partial charge is 0.480 e. The molecule has 0 radical (unpaired) electrons. The quantitative estimate of drug-likeness (QED) is 0.848. The number of hydrogen-bond donors (Lipinski definition) is 1. The van der Waals surface area contributed by atoms with Crippen LogP contribution in [-0.4, -0.2) is 57.9 Å². The van der Waals surface area contributed by atoms with Crippen molar-refractivity contribution in [3.8, 4) is 0 Å². The fraction of sp³-hybridized carbons (Fsp3) is 0.833. The Balaban J connectivity index is 1.47. The molecule has 0 aromatic carbocycles. The summed E-state index contributed by atoms with van der Waals surface area (Å²) in [5.74, 6) is -0.821. The smallest absolute Gasteiger partial charge is 0.326 e. The number of carboxylic acids is 1. The third-order valence-corrected chi connectivity index (χ3v) is 6.70. The van der Waals surface area contributed by atoms with Crippen molar-refractivity contribution in [2.45, 2.75) is 63.5 Å². The Morgan fingerprint density at radius 3 is 2.46 bits per heavy atom. The van der Waals surface area contributed by atoms with Crippen molar-refractivity contribution in [1.82, 2.24) is 9.80 Å². The molecule has 2 aliphatic heterocycles. The zero-order valence-electron chi connectivity index (χ0n) is 14.0. The molecule has 2 heterocycles. The molecule has 6 heteroatoms. The summed E-state index contributed by atoms with van der Waals surface area (Å²) in [6.45, 7) is 1.05. The first kappa shape index (κ1) is 15.9. The van der Waals surface area contributed by atoms with Crippen molar-refractivity contribution in [3.05, 3.63) is 0 Å². The first-order valence-electron chi connectivity index (χ1n) is 9.39. The Hall–Kier alpha value is -1.59. The molecule has 0 bridgehead atoms. The molecule has 4 rings (SSSR count). The zero-order chi connectivity index (χ0) is 16.8. The number of likely N-dealkylation sites (tertiary alicyclic amines) is 2. The third-order valence-electron chi connectivity index (χ3n) is 6.70. The van der Waals surface area contributed by atoms with E-state index >= 15 is 0 Å². The molecular weight excluding hydrogens is 308 g/mol. The van der Waals surface area contributed by atoms with E-state index < -0.39 is 12.0 Å². The second kappa shape index (κ2) is 6.05. The summed E-state index contributed by atoms with van der Waals surface area (Å²) >= 11 is 0. The summed E-state index contributed by atoms with van der Waals surface area (Å²) in [4.78, 5) is 40.5. The van der Waals surface area contributed by atoms with Gasteiger partial charge in [0.05, 0.1) is 5.92 Å². The lowest BCUT2D eigenvalue weighted by atomic mass is 9.94. The van der Waals surface area contributed by atoms with Gasteiger partial charge in [-0.1, -0.05) is 19.3 Å². The Kier molecular flexibility index (Phi) is 4.01. The van der Waals surface area contributed by atoms with E-state index in [0.29, 0.717) is 25.0 Å². The highest BCUT2D eigenvalue weighted by atomic mass is 16.4. The van der Waals surface area contributed by atoms with E-state index in [1.807, 2.05) is 4.90 Å². The Morgan fingerprint density at radius 2 is 1.75 bits per heavy atom. The van der Waals surface area contributed by atoms with Crippen molar-refractivity contribution in [1.29, 1.82) is 0 Å². The second-order valence-corrected chi connectivity index (χ2v) is 8.01.